The van der Waals surface area contributed by atoms with Gasteiger partial charge in [-0.05, 0) is 77.0 Å². The third-order valence-electron chi connectivity index (χ3n) is 16.3. The third kappa shape index (κ3) is 68.0. The van der Waals surface area contributed by atoms with Crippen molar-refractivity contribution in [3.63, 3.8) is 0 Å². The molecule has 0 N–H and O–H groups in total. The lowest BCUT2D eigenvalue weighted by atomic mass is 10.0. The fraction of sp³-hybridized carbons (Fsp3) is 0.853. The Morgan fingerprint density at radius 2 is 0.469 bits per heavy atom. The van der Waals surface area contributed by atoms with Gasteiger partial charge in [0.2, 0.25) is 0 Å². The van der Waals surface area contributed by atoms with E-state index in [1.165, 1.54) is 244 Å². The van der Waals surface area contributed by atoms with Crippen LogP contribution in [-0.2, 0) is 28.6 Å². The summed E-state index contributed by atoms with van der Waals surface area (Å²) in [7, 11) is 0. The molecule has 0 aliphatic rings. The molecule has 81 heavy (non-hydrogen) atoms. The smallest absolute Gasteiger partial charge is 0.306 e. The lowest BCUT2D eigenvalue weighted by Crippen LogP contribution is -2.30. The normalized spacial score (nSPS) is 12.3. The van der Waals surface area contributed by atoms with Gasteiger partial charge < -0.3 is 14.2 Å². The molecule has 0 aromatic heterocycles. The zero-order valence-electron chi connectivity index (χ0n) is 54.6. The number of rotatable bonds is 67. The van der Waals surface area contributed by atoms with Gasteiger partial charge in [-0.3, -0.25) is 14.4 Å². The number of ether oxygens (including phenoxy) is 3. The predicted molar refractivity (Wildman–Crippen MR) is 353 cm³/mol. The van der Waals surface area contributed by atoms with Crippen LogP contribution in [0.5, 0.6) is 0 Å². The van der Waals surface area contributed by atoms with Gasteiger partial charge in [0.15, 0.2) is 6.10 Å². The molecule has 474 valence electrons. The molecule has 0 aromatic rings. The molecule has 0 saturated carbocycles. The van der Waals surface area contributed by atoms with Crippen LogP contribution in [0.1, 0.15) is 393 Å². The Bertz CT molecular complexity index is 1400. The van der Waals surface area contributed by atoms with E-state index in [0.717, 1.165) is 109 Å². The number of hydrogen-bond donors (Lipinski definition) is 0. The molecule has 0 heterocycles. The topological polar surface area (TPSA) is 78.9 Å². The molecule has 0 spiro atoms. The number of hydrogen-bond acceptors (Lipinski definition) is 6. The van der Waals surface area contributed by atoms with Crippen LogP contribution in [0.15, 0.2) is 48.6 Å². The number of carbonyl (C=O) groups is 3. The van der Waals surface area contributed by atoms with Gasteiger partial charge in [-0.1, -0.05) is 345 Å². The average molecular weight is 1140 g/mol. The minimum Gasteiger partial charge on any atom is -0.462 e. The van der Waals surface area contributed by atoms with E-state index in [2.05, 4.69) is 69.4 Å². The van der Waals surface area contributed by atoms with Crippen molar-refractivity contribution in [2.24, 2.45) is 0 Å². The van der Waals surface area contributed by atoms with Gasteiger partial charge in [0.05, 0.1) is 0 Å². The number of allylic oxidation sites excluding steroid dienone is 8. The SMILES string of the molecule is CCC/C=C\C/C=C\CCCCCCCC(=O)OCC(COC(=O)CCCCCCCCCCCCCCCCCCCCCCCCCCCCCCCCCCCCC)OC(=O)CCCCCCC/C=C\C/C=C\CCCCC. The molecule has 0 rings (SSSR count). The summed E-state index contributed by atoms with van der Waals surface area (Å²) in [5.41, 5.74) is 0. The Balaban J connectivity index is 4.05. The Morgan fingerprint density at radius 1 is 0.247 bits per heavy atom. The van der Waals surface area contributed by atoms with Crippen LogP contribution in [0, 0.1) is 0 Å². The maximum Gasteiger partial charge on any atom is 0.306 e. The summed E-state index contributed by atoms with van der Waals surface area (Å²) in [5, 5.41) is 0. The lowest BCUT2D eigenvalue weighted by molar-refractivity contribution is -0.167. The molecule has 1 atom stereocenters. The van der Waals surface area contributed by atoms with Crippen LogP contribution < -0.4 is 0 Å². The van der Waals surface area contributed by atoms with E-state index in [9.17, 15) is 14.4 Å². The summed E-state index contributed by atoms with van der Waals surface area (Å²) in [5.74, 6) is -0.888. The summed E-state index contributed by atoms with van der Waals surface area (Å²) in [6, 6.07) is 0. The Kier molecular flexibility index (Phi) is 67.6. The van der Waals surface area contributed by atoms with Crippen molar-refractivity contribution >= 4 is 17.9 Å². The highest BCUT2D eigenvalue weighted by molar-refractivity contribution is 5.71. The van der Waals surface area contributed by atoms with Crippen LogP contribution in [0.25, 0.3) is 0 Å². The summed E-state index contributed by atoms with van der Waals surface area (Å²) >= 11 is 0. The van der Waals surface area contributed by atoms with E-state index in [1.54, 1.807) is 0 Å². The first-order valence-corrected chi connectivity index (χ1v) is 36.1. The highest BCUT2D eigenvalue weighted by atomic mass is 16.6. The minimum atomic E-state index is -0.786. The molecule has 0 amide bonds. The van der Waals surface area contributed by atoms with Crippen molar-refractivity contribution in [1.82, 2.24) is 0 Å². The summed E-state index contributed by atoms with van der Waals surface area (Å²) in [4.78, 5) is 38.3. The fourth-order valence-electron chi connectivity index (χ4n) is 10.9. The Morgan fingerprint density at radius 3 is 0.753 bits per heavy atom. The molecule has 0 aromatic carbocycles. The zero-order chi connectivity index (χ0) is 58.5. The number of esters is 3. The van der Waals surface area contributed by atoms with Crippen molar-refractivity contribution in [3.05, 3.63) is 48.6 Å². The van der Waals surface area contributed by atoms with Crippen molar-refractivity contribution < 1.29 is 28.6 Å². The molecule has 6 heteroatoms. The van der Waals surface area contributed by atoms with Crippen LogP contribution in [-0.4, -0.2) is 37.2 Å². The lowest BCUT2D eigenvalue weighted by Gasteiger charge is -2.18. The Labute approximate surface area is 505 Å². The maximum absolute atomic E-state index is 12.9. The van der Waals surface area contributed by atoms with Crippen molar-refractivity contribution in [1.29, 1.82) is 0 Å². The molecule has 0 aliphatic heterocycles. The van der Waals surface area contributed by atoms with E-state index in [4.69, 9.17) is 14.2 Å². The van der Waals surface area contributed by atoms with Crippen LogP contribution in [0.3, 0.4) is 0 Å². The quantitative estimate of drug-likeness (QED) is 0.0261. The van der Waals surface area contributed by atoms with Gasteiger partial charge in [-0.25, -0.2) is 0 Å². The largest absolute Gasteiger partial charge is 0.462 e. The fourth-order valence-corrected chi connectivity index (χ4v) is 10.9. The van der Waals surface area contributed by atoms with E-state index in [-0.39, 0.29) is 31.1 Å². The van der Waals surface area contributed by atoms with Crippen LogP contribution in [0.4, 0.5) is 0 Å². The molecular weight excluding hydrogens is 997 g/mol. The molecule has 0 fully saturated rings. The first-order chi connectivity index (χ1) is 40.0. The van der Waals surface area contributed by atoms with Crippen molar-refractivity contribution in [2.75, 3.05) is 13.2 Å². The van der Waals surface area contributed by atoms with Gasteiger partial charge in [-0.2, -0.15) is 0 Å². The highest BCUT2D eigenvalue weighted by Gasteiger charge is 2.19. The predicted octanol–water partition coefficient (Wildman–Crippen LogP) is 24.9. The molecule has 0 bridgehead atoms. The molecular formula is C75H138O6. The van der Waals surface area contributed by atoms with E-state index >= 15 is 0 Å². The Hall–Kier alpha value is -2.63. The first kappa shape index (κ1) is 78.4. The molecule has 0 radical (unpaired) electrons. The standard InChI is InChI=1S/C75H138O6/c1-4-7-10-13-16-19-22-25-27-28-29-30-31-32-33-34-35-36-37-38-39-40-41-42-43-44-45-46-48-50-53-56-59-62-65-68-74(77)80-71-72(70-79-73(76)67-64-61-58-55-52-49-24-21-18-15-12-9-6-3)81-75(78)69-66-63-60-57-54-51-47-26-23-20-17-14-11-8-5-2/h12,15,17,20-21,24,26,47,72H,4-11,13-14,16,18-19,22-23,25,27-46,48-71H2,1-3H3/b15-12-,20-17-,24-21-,47-26-. The maximum atomic E-state index is 12.9. The molecule has 0 aliphatic carbocycles. The zero-order valence-corrected chi connectivity index (χ0v) is 54.6. The third-order valence-corrected chi connectivity index (χ3v) is 16.3. The number of carbonyl (C=O) groups excluding carboxylic acids is 3. The van der Waals surface area contributed by atoms with Crippen LogP contribution in [0.2, 0.25) is 0 Å². The van der Waals surface area contributed by atoms with E-state index in [0.29, 0.717) is 19.3 Å². The van der Waals surface area contributed by atoms with Gasteiger partial charge in [-0.15, -0.1) is 0 Å². The molecule has 1 unspecified atom stereocenters. The van der Waals surface area contributed by atoms with Crippen molar-refractivity contribution in [3.8, 4) is 0 Å². The summed E-state index contributed by atoms with van der Waals surface area (Å²) < 4.78 is 16.9. The average Bonchev–Trinajstić information content (AvgIpc) is 3.46. The van der Waals surface area contributed by atoms with Crippen molar-refractivity contribution in [2.45, 2.75) is 399 Å². The number of unbranched alkanes of at least 4 members (excludes halogenated alkanes) is 48. The van der Waals surface area contributed by atoms with Gasteiger partial charge in [0.1, 0.15) is 13.2 Å². The summed E-state index contributed by atoms with van der Waals surface area (Å²) in [6.07, 6.45) is 88.9. The summed E-state index contributed by atoms with van der Waals surface area (Å²) in [6.45, 7) is 6.58. The van der Waals surface area contributed by atoms with Gasteiger partial charge >= 0.3 is 17.9 Å². The monoisotopic (exact) mass is 1140 g/mol. The first-order valence-electron chi connectivity index (χ1n) is 36.1. The van der Waals surface area contributed by atoms with Gasteiger partial charge in [0, 0.05) is 19.3 Å². The van der Waals surface area contributed by atoms with E-state index in [1.807, 2.05) is 0 Å². The van der Waals surface area contributed by atoms with E-state index < -0.39 is 6.10 Å². The minimum absolute atomic E-state index is 0.0802. The second kappa shape index (κ2) is 69.9. The van der Waals surface area contributed by atoms with Crippen LogP contribution >= 0.6 is 0 Å². The molecule has 6 nitrogen and oxygen atoms in total. The highest BCUT2D eigenvalue weighted by Crippen LogP contribution is 2.19. The molecule has 0 saturated heterocycles. The second-order valence-corrected chi connectivity index (χ2v) is 24.5. The second-order valence-electron chi connectivity index (χ2n) is 24.5. The van der Waals surface area contributed by atoms with Gasteiger partial charge in [0.25, 0.3) is 0 Å².